The van der Waals surface area contributed by atoms with Gasteiger partial charge in [0.05, 0.1) is 13.0 Å². The molecular formula is C18H21NO5. The summed E-state index contributed by atoms with van der Waals surface area (Å²) in [6.45, 7) is 2.27. The van der Waals surface area contributed by atoms with Gasteiger partial charge in [0.1, 0.15) is 12.7 Å². The van der Waals surface area contributed by atoms with Crippen molar-refractivity contribution in [2.24, 2.45) is 17.0 Å². The molecule has 3 atom stereocenters. The number of oxime groups is 1. The lowest BCUT2D eigenvalue weighted by Gasteiger charge is -2.18. The first-order valence-corrected chi connectivity index (χ1v) is 8.29. The zero-order chi connectivity index (χ0) is 16.9. The van der Waals surface area contributed by atoms with E-state index in [4.69, 9.17) is 14.3 Å². The van der Waals surface area contributed by atoms with E-state index < -0.39 is 5.97 Å². The van der Waals surface area contributed by atoms with Crippen LogP contribution in [0.1, 0.15) is 31.7 Å². The fourth-order valence-electron chi connectivity index (χ4n) is 3.37. The van der Waals surface area contributed by atoms with Crippen molar-refractivity contribution in [3.63, 3.8) is 0 Å². The maximum atomic E-state index is 12.3. The van der Waals surface area contributed by atoms with Crippen molar-refractivity contribution in [3.05, 3.63) is 35.9 Å². The minimum absolute atomic E-state index is 0.163. The second-order valence-electron chi connectivity index (χ2n) is 6.06. The molecule has 2 aliphatic rings. The van der Waals surface area contributed by atoms with Crippen LogP contribution in [0.25, 0.3) is 0 Å². The summed E-state index contributed by atoms with van der Waals surface area (Å²) in [4.78, 5) is 29.2. The van der Waals surface area contributed by atoms with E-state index in [1.165, 1.54) is 0 Å². The Labute approximate surface area is 140 Å². The number of esters is 2. The molecule has 6 nitrogen and oxygen atoms in total. The van der Waals surface area contributed by atoms with E-state index >= 15 is 0 Å². The van der Waals surface area contributed by atoms with Crippen LogP contribution in [0, 0.1) is 11.8 Å². The summed E-state index contributed by atoms with van der Waals surface area (Å²) in [5.41, 5.74) is 1.18. The molecule has 2 fully saturated rings. The number of carbonyl (C=O) groups is 2. The van der Waals surface area contributed by atoms with Gasteiger partial charge in [-0.3, -0.25) is 4.79 Å². The molecule has 1 unspecified atom stereocenters. The van der Waals surface area contributed by atoms with Crippen molar-refractivity contribution in [2.75, 3.05) is 6.61 Å². The molecule has 1 aliphatic heterocycles. The standard InChI is InChI=1S/C18H21NO5/c1-2-22-18(21)16(19-23-11-12-6-4-3-5-7-12)14-9-8-13-10-15(20)24-17(13)14/h3-7,13-14,17H,2,8-11H2,1H3/b19-16-/t13-,14?,17+/m1/s1. The number of nitrogens with zero attached hydrogens (tertiary/aromatic N) is 1. The largest absolute Gasteiger partial charge is 0.461 e. The predicted molar refractivity (Wildman–Crippen MR) is 86.0 cm³/mol. The van der Waals surface area contributed by atoms with Gasteiger partial charge in [-0.15, -0.1) is 0 Å². The van der Waals surface area contributed by atoms with E-state index in [0.717, 1.165) is 18.4 Å². The Bertz CT molecular complexity index is 628. The fraction of sp³-hybridized carbons (Fsp3) is 0.500. The number of rotatable bonds is 6. The quantitative estimate of drug-likeness (QED) is 0.455. The third-order valence-electron chi connectivity index (χ3n) is 4.48. The summed E-state index contributed by atoms with van der Waals surface area (Å²) in [5.74, 6) is -0.796. The van der Waals surface area contributed by atoms with E-state index in [-0.39, 0.29) is 42.8 Å². The van der Waals surface area contributed by atoms with Crippen LogP contribution >= 0.6 is 0 Å². The first-order chi connectivity index (χ1) is 11.7. The van der Waals surface area contributed by atoms with Crippen LogP contribution in [0.4, 0.5) is 0 Å². The van der Waals surface area contributed by atoms with E-state index in [1.807, 2.05) is 30.3 Å². The third-order valence-corrected chi connectivity index (χ3v) is 4.48. The summed E-state index contributed by atoms with van der Waals surface area (Å²) in [6.07, 6.45) is 1.72. The Morgan fingerprint density at radius 2 is 2.08 bits per heavy atom. The molecule has 128 valence electrons. The van der Waals surface area contributed by atoms with E-state index in [2.05, 4.69) is 5.16 Å². The number of hydrogen-bond acceptors (Lipinski definition) is 6. The lowest BCUT2D eigenvalue weighted by atomic mass is 9.96. The van der Waals surface area contributed by atoms with Gasteiger partial charge in [0.15, 0.2) is 5.71 Å². The van der Waals surface area contributed by atoms with Gasteiger partial charge >= 0.3 is 11.9 Å². The van der Waals surface area contributed by atoms with Gasteiger partial charge < -0.3 is 14.3 Å². The molecule has 0 amide bonds. The van der Waals surface area contributed by atoms with Crippen LogP contribution in [-0.2, 0) is 30.5 Å². The predicted octanol–water partition coefficient (Wildman–Crippen LogP) is 2.46. The SMILES string of the molecule is CCOC(=O)/C(=N\OCc1ccccc1)C1CC[C@@H]2CC(=O)O[C@H]12. The smallest absolute Gasteiger partial charge is 0.356 e. The molecule has 1 saturated carbocycles. The first-order valence-electron chi connectivity index (χ1n) is 8.29. The number of fused-ring (bicyclic) bond motifs is 1. The Kier molecular flexibility index (Phi) is 5.13. The summed E-state index contributed by atoms with van der Waals surface area (Å²) in [7, 11) is 0. The van der Waals surface area contributed by atoms with Crippen molar-refractivity contribution in [1.29, 1.82) is 0 Å². The number of ether oxygens (including phenoxy) is 2. The molecular weight excluding hydrogens is 310 g/mol. The lowest BCUT2D eigenvalue weighted by Crippen LogP contribution is -2.33. The Hall–Kier alpha value is -2.37. The summed E-state index contributed by atoms with van der Waals surface area (Å²) < 4.78 is 10.5. The molecule has 1 saturated heterocycles. The summed E-state index contributed by atoms with van der Waals surface area (Å²) >= 11 is 0. The van der Waals surface area contributed by atoms with E-state index in [9.17, 15) is 9.59 Å². The second kappa shape index (κ2) is 7.47. The number of hydrogen-bond donors (Lipinski definition) is 0. The average molecular weight is 331 g/mol. The first kappa shape index (κ1) is 16.5. The molecule has 0 aromatic heterocycles. The molecule has 1 aromatic carbocycles. The van der Waals surface area contributed by atoms with Crippen molar-refractivity contribution >= 4 is 17.7 Å². The van der Waals surface area contributed by atoms with E-state index in [1.54, 1.807) is 6.92 Å². The normalized spacial score (nSPS) is 26.0. The molecule has 0 radical (unpaired) electrons. The van der Waals surface area contributed by atoms with Crippen LogP contribution in [0.2, 0.25) is 0 Å². The van der Waals surface area contributed by atoms with Gasteiger partial charge in [-0.25, -0.2) is 4.79 Å². The minimum atomic E-state index is -0.501. The Balaban J connectivity index is 1.72. The highest BCUT2D eigenvalue weighted by Gasteiger charge is 2.48. The van der Waals surface area contributed by atoms with Crippen LogP contribution in [0.15, 0.2) is 35.5 Å². The highest BCUT2D eigenvalue weighted by molar-refractivity contribution is 6.37. The van der Waals surface area contributed by atoms with E-state index in [0.29, 0.717) is 6.42 Å². The van der Waals surface area contributed by atoms with Gasteiger partial charge in [0, 0.05) is 11.8 Å². The molecule has 0 bridgehead atoms. The lowest BCUT2D eigenvalue weighted by molar-refractivity contribution is -0.143. The van der Waals surface area contributed by atoms with Gasteiger partial charge in [0.2, 0.25) is 0 Å². The number of benzene rings is 1. The molecule has 0 N–H and O–H groups in total. The molecule has 1 heterocycles. The molecule has 0 spiro atoms. The Morgan fingerprint density at radius 3 is 2.83 bits per heavy atom. The molecule has 3 rings (SSSR count). The van der Waals surface area contributed by atoms with Crippen LogP contribution < -0.4 is 0 Å². The van der Waals surface area contributed by atoms with Gasteiger partial charge in [-0.05, 0) is 25.3 Å². The highest BCUT2D eigenvalue weighted by atomic mass is 16.6. The molecule has 1 aliphatic carbocycles. The summed E-state index contributed by atoms with van der Waals surface area (Å²) in [5, 5.41) is 4.06. The fourth-order valence-corrected chi connectivity index (χ4v) is 3.37. The topological polar surface area (TPSA) is 74.2 Å². The zero-order valence-corrected chi connectivity index (χ0v) is 13.6. The van der Waals surface area contributed by atoms with Crippen molar-refractivity contribution in [1.82, 2.24) is 0 Å². The Morgan fingerprint density at radius 1 is 1.29 bits per heavy atom. The zero-order valence-electron chi connectivity index (χ0n) is 13.6. The number of carbonyl (C=O) groups excluding carboxylic acids is 2. The van der Waals surface area contributed by atoms with Crippen molar-refractivity contribution < 1.29 is 23.9 Å². The second-order valence-corrected chi connectivity index (χ2v) is 6.06. The molecule has 6 heteroatoms. The maximum Gasteiger partial charge on any atom is 0.356 e. The van der Waals surface area contributed by atoms with Crippen molar-refractivity contribution in [2.45, 2.75) is 38.9 Å². The van der Waals surface area contributed by atoms with Crippen LogP contribution in [0.3, 0.4) is 0 Å². The van der Waals surface area contributed by atoms with Crippen LogP contribution in [0.5, 0.6) is 0 Å². The average Bonchev–Trinajstić information content (AvgIpc) is 3.12. The third kappa shape index (κ3) is 3.58. The maximum absolute atomic E-state index is 12.3. The monoisotopic (exact) mass is 331 g/mol. The highest BCUT2D eigenvalue weighted by Crippen LogP contribution is 2.41. The minimum Gasteiger partial charge on any atom is -0.461 e. The molecule has 1 aromatic rings. The van der Waals surface area contributed by atoms with Crippen molar-refractivity contribution in [3.8, 4) is 0 Å². The molecule has 24 heavy (non-hydrogen) atoms. The van der Waals surface area contributed by atoms with Gasteiger partial charge in [0.25, 0.3) is 0 Å². The van der Waals surface area contributed by atoms with Gasteiger partial charge in [-0.1, -0.05) is 35.5 Å². The van der Waals surface area contributed by atoms with Gasteiger partial charge in [-0.2, -0.15) is 0 Å². The van der Waals surface area contributed by atoms with Crippen LogP contribution in [-0.4, -0.2) is 30.4 Å². The summed E-state index contributed by atoms with van der Waals surface area (Å²) in [6, 6.07) is 9.58.